The van der Waals surface area contributed by atoms with Crippen molar-refractivity contribution in [3.63, 3.8) is 0 Å². The molecule has 1 saturated heterocycles. The zero-order valence-corrected chi connectivity index (χ0v) is 11.1. The molecule has 1 atom stereocenters. The molecule has 1 unspecified atom stereocenters. The number of piperidine rings is 1. The number of carboxylic acid groups (broad SMARTS) is 1. The first-order chi connectivity index (χ1) is 8.51. The second kappa shape index (κ2) is 5.11. The number of hydrogen-bond donors (Lipinski definition) is 2. The number of aliphatic carboxylic acids is 1. The Kier molecular flexibility index (Phi) is 3.71. The molecule has 0 saturated carbocycles. The summed E-state index contributed by atoms with van der Waals surface area (Å²) in [4.78, 5) is 11.2. The van der Waals surface area contributed by atoms with Gasteiger partial charge in [-0.15, -0.1) is 0 Å². The molecule has 98 valence electrons. The van der Waals surface area contributed by atoms with E-state index < -0.39 is 11.4 Å². The Morgan fingerprint density at radius 1 is 1.33 bits per heavy atom. The molecule has 3 nitrogen and oxygen atoms in total. The maximum atomic E-state index is 11.2. The summed E-state index contributed by atoms with van der Waals surface area (Å²) in [5, 5.41) is 12.6. The van der Waals surface area contributed by atoms with Crippen LogP contribution >= 0.6 is 0 Å². The van der Waals surface area contributed by atoms with Gasteiger partial charge in [-0.3, -0.25) is 4.79 Å². The monoisotopic (exact) mass is 247 g/mol. The summed E-state index contributed by atoms with van der Waals surface area (Å²) in [5.74, 6) is -0.213. The van der Waals surface area contributed by atoms with Crippen molar-refractivity contribution in [1.82, 2.24) is 5.32 Å². The molecule has 1 aromatic carbocycles. The van der Waals surface area contributed by atoms with Crippen LogP contribution in [0, 0.1) is 0 Å². The van der Waals surface area contributed by atoms with Crippen LogP contribution in [0.5, 0.6) is 0 Å². The Hall–Kier alpha value is -1.35. The van der Waals surface area contributed by atoms with Crippen LogP contribution in [0.3, 0.4) is 0 Å². The quantitative estimate of drug-likeness (QED) is 0.863. The summed E-state index contributed by atoms with van der Waals surface area (Å²) in [6.07, 6.45) is 2.43. The van der Waals surface area contributed by atoms with Crippen molar-refractivity contribution in [2.45, 2.75) is 38.0 Å². The van der Waals surface area contributed by atoms with Crippen molar-refractivity contribution in [1.29, 1.82) is 0 Å². The van der Waals surface area contributed by atoms with Gasteiger partial charge in [0.05, 0.1) is 5.41 Å². The number of rotatable bonds is 3. The summed E-state index contributed by atoms with van der Waals surface area (Å²) < 4.78 is 0. The second-order valence-electron chi connectivity index (χ2n) is 5.60. The van der Waals surface area contributed by atoms with Crippen LogP contribution in [0.1, 0.15) is 43.7 Å². The van der Waals surface area contributed by atoms with Crippen LogP contribution in [0.25, 0.3) is 0 Å². The molecule has 0 bridgehead atoms. The Morgan fingerprint density at radius 2 is 2.00 bits per heavy atom. The maximum Gasteiger partial charge on any atom is 0.313 e. The fraction of sp³-hybridized carbons (Fsp3) is 0.533. The van der Waals surface area contributed by atoms with E-state index in [4.69, 9.17) is 0 Å². The van der Waals surface area contributed by atoms with Crippen molar-refractivity contribution < 1.29 is 9.90 Å². The molecule has 1 aliphatic rings. The molecule has 1 fully saturated rings. The molecule has 0 amide bonds. The summed E-state index contributed by atoms with van der Waals surface area (Å²) in [5.41, 5.74) is 1.36. The zero-order chi connectivity index (χ0) is 13.2. The summed E-state index contributed by atoms with van der Waals surface area (Å²) in [6, 6.07) is 8.07. The molecular formula is C15H21NO2. The summed E-state index contributed by atoms with van der Waals surface area (Å²) >= 11 is 0. The molecule has 1 heterocycles. The van der Waals surface area contributed by atoms with E-state index in [-0.39, 0.29) is 0 Å². The van der Waals surface area contributed by atoms with E-state index in [1.165, 1.54) is 18.4 Å². The molecule has 2 rings (SSSR count). The van der Waals surface area contributed by atoms with Crippen LogP contribution in [-0.4, -0.2) is 24.2 Å². The van der Waals surface area contributed by atoms with E-state index in [1.807, 2.05) is 12.1 Å². The molecule has 2 N–H and O–H groups in total. The van der Waals surface area contributed by atoms with Crippen LogP contribution in [0.15, 0.2) is 24.3 Å². The smallest absolute Gasteiger partial charge is 0.313 e. The number of carbonyl (C=O) groups is 1. The number of hydrogen-bond acceptors (Lipinski definition) is 2. The van der Waals surface area contributed by atoms with Gasteiger partial charge < -0.3 is 10.4 Å². The SMILES string of the molecule is CC(C)(C(=O)O)c1ccc(C2CCCNC2)cc1. The zero-order valence-electron chi connectivity index (χ0n) is 11.1. The van der Waals surface area contributed by atoms with Crippen LogP contribution in [-0.2, 0) is 10.2 Å². The molecule has 0 aliphatic carbocycles. The minimum atomic E-state index is -0.816. The highest BCUT2D eigenvalue weighted by Crippen LogP contribution is 2.27. The molecule has 1 aliphatic heterocycles. The lowest BCUT2D eigenvalue weighted by Gasteiger charge is -2.24. The second-order valence-corrected chi connectivity index (χ2v) is 5.60. The van der Waals surface area contributed by atoms with Gasteiger partial charge in [-0.1, -0.05) is 24.3 Å². The lowest BCUT2D eigenvalue weighted by Crippen LogP contribution is -2.29. The first-order valence-corrected chi connectivity index (χ1v) is 6.56. The average Bonchev–Trinajstić information content (AvgIpc) is 2.40. The normalized spacial score (nSPS) is 20.7. The van der Waals surface area contributed by atoms with Crippen molar-refractivity contribution >= 4 is 5.97 Å². The fourth-order valence-corrected chi connectivity index (χ4v) is 2.43. The van der Waals surface area contributed by atoms with Gasteiger partial charge in [0, 0.05) is 6.54 Å². The number of benzene rings is 1. The Balaban J connectivity index is 2.17. The third kappa shape index (κ3) is 2.56. The van der Waals surface area contributed by atoms with Crippen LogP contribution in [0.4, 0.5) is 0 Å². The van der Waals surface area contributed by atoms with Gasteiger partial charge in [-0.05, 0) is 50.3 Å². The molecule has 18 heavy (non-hydrogen) atoms. The van der Waals surface area contributed by atoms with Crippen molar-refractivity contribution in [2.75, 3.05) is 13.1 Å². The predicted octanol–water partition coefficient (Wildman–Crippen LogP) is 2.52. The van der Waals surface area contributed by atoms with E-state index in [2.05, 4.69) is 17.4 Å². The first-order valence-electron chi connectivity index (χ1n) is 6.56. The molecular weight excluding hydrogens is 226 g/mol. The highest BCUT2D eigenvalue weighted by molar-refractivity contribution is 5.80. The largest absolute Gasteiger partial charge is 0.481 e. The van der Waals surface area contributed by atoms with Gasteiger partial charge in [0.25, 0.3) is 0 Å². The van der Waals surface area contributed by atoms with E-state index in [9.17, 15) is 9.90 Å². The minimum absolute atomic E-state index is 0.570. The lowest BCUT2D eigenvalue weighted by molar-refractivity contribution is -0.142. The fourth-order valence-electron chi connectivity index (χ4n) is 2.43. The van der Waals surface area contributed by atoms with E-state index in [0.717, 1.165) is 18.7 Å². The highest BCUT2D eigenvalue weighted by Gasteiger charge is 2.29. The van der Waals surface area contributed by atoms with Gasteiger partial charge in [-0.2, -0.15) is 0 Å². The minimum Gasteiger partial charge on any atom is -0.481 e. The lowest BCUT2D eigenvalue weighted by atomic mass is 9.83. The van der Waals surface area contributed by atoms with Crippen LogP contribution < -0.4 is 5.32 Å². The molecule has 0 radical (unpaired) electrons. The topological polar surface area (TPSA) is 49.3 Å². The standard InChI is InChI=1S/C15H21NO2/c1-15(2,14(17)18)13-7-5-11(6-8-13)12-4-3-9-16-10-12/h5-8,12,16H,3-4,9-10H2,1-2H3,(H,17,18). The molecule has 1 aromatic rings. The van der Waals surface area contributed by atoms with Gasteiger partial charge in [0.1, 0.15) is 0 Å². The van der Waals surface area contributed by atoms with E-state index in [1.54, 1.807) is 13.8 Å². The Morgan fingerprint density at radius 3 is 2.50 bits per heavy atom. The summed E-state index contributed by atoms with van der Waals surface area (Å²) in [7, 11) is 0. The van der Waals surface area contributed by atoms with Crippen LogP contribution in [0.2, 0.25) is 0 Å². The van der Waals surface area contributed by atoms with Gasteiger partial charge in [0.2, 0.25) is 0 Å². The highest BCUT2D eigenvalue weighted by atomic mass is 16.4. The van der Waals surface area contributed by atoms with Crippen molar-refractivity contribution in [3.8, 4) is 0 Å². The van der Waals surface area contributed by atoms with Gasteiger partial charge in [-0.25, -0.2) is 0 Å². The molecule has 0 spiro atoms. The van der Waals surface area contributed by atoms with Crippen molar-refractivity contribution in [3.05, 3.63) is 35.4 Å². The molecule has 3 heteroatoms. The van der Waals surface area contributed by atoms with E-state index in [0.29, 0.717) is 5.92 Å². The first kappa shape index (κ1) is 13.1. The number of nitrogens with one attached hydrogen (secondary N) is 1. The van der Waals surface area contributed by atoms with Gasteiger partial charge >= 0.3 is 5.97 Å². The van der Waals surface area contributed by atoms with E-state index >= 15 is 0 Å². The number of carboxylic acids is 1. The summed E-state index contributed by atoms with van der Waals surface area (Å²) in [6.45, 7) is 5.63. The third-order valence-electron chi connectivity index (χ3n) is 3.94. The maximum absolute atomic E-state index is 11.2. The Labute approximate surface area is 108 Å². The van der Waals surface area contributed by atoms with Gasteiger partial charge in [0.15, 0.2) is 0 Å². The van der Waals surface area contributed by atoms with Crippen molar-refractivity contribution in [2.24, 2.45) is 0 Å². The average molecular weight is 247 g/mol. The Bertz CT molecular complexity index is 417. The molecule has 0 aromatic heterocycles. The third-order valence-corrected chi connectivity index (χ3v) is 3.94. The predicted molar refractivity (Wildman–Crippen MR) is 71.9 cm³/mol.